The molecule has 0 fully saturated rings. The predicted octanol–water partition coefficient (Wildman–Crippen LogP) is 15.2. The summed E-state index contributed by atoms with van der Waals surface area (Å²) in [6, 6.07) is 38.2. The standard InChI is InChI=1S/C13H16O2.2C12H14O2.C12H16O2.C11H12O2/c1-3-5-6-13(14)15-12-9-7-11(4-2)8-10-12;1-3-6-12(13)14-11-8-5-7-10(4-2)9-11;1-3-5-12(13)14-11-8-6-10(4-2)7-9-11;1-2-3-7-10-14-12(13)11-8-5-4-6-9-11;1-3-9-5-7-10(8-6-9)13-11(12)4-2/h4,7-10H,2-3,5-6H2,1H3;4-5,7-9H,2-3,6H2,1H3;4,6-9H,2-3,5H2,1H3;4-6,8-9H,2-3,7,10H2,1H3;3,5-8H,1,4H2,2H3. The second-order valence-electron chi connectivity index (χ2n) is 15.2. The zero-order valence-electron chi connectivity index (χ0n) is 41.8. The Balaban J connectivity index is 0.000000438. The summed E-state index contributed by atoms with van der Waals surface area (Å²) >= 11 is 0. The summed E-state index contributed by atoms with van der Waals surface area (Å²) in [5.41, 5.74) is 4.62. The maximum Gasteiger partial charge on any atom is 0.338 e. The third kappa shape index (κ3) is 28.6. The summed E-state index contributed by atoms with van der Waals surface area (Å²) in [4.78, 5) is 55.9. The Kier molecular flexibility index (Phi) is 33.1. The van der Waals surface area contributed by atoms with Crippen LogP contribution in [0, 0.1) is 0 Å². The molecule has 0 saturated heterocycles. The van der Waals surface area contributed by atoms with Crippen LogP contribution in [0.25, 0.3) is 24.3 Å². The maximum atomic E-state index is 11.4. The Hall–Kier alpha value is -7.59. The van der Waals surface area contributed by atoms with Gasteiger partial charge in [-0.05, 0) is 109 Å². The Morgan fingerprint density at radius 2 is 0.814 bits per heavy atom. The van der Waals surface area contributed by atoms with Crippen LogP contribution in [-0.4, -0.2) is 36.5 Å². The van der Waals surface area contributed by atoms with E-state index in [0.717, 1.165) is 67.2 Å². The highest BCUT2D eigenvalue weighted by atomic mass is 16.5. The first-order chi connectivity index (χ1) is 33.9. The smallest absolute Gasteiger partial charge is 0.338 e. The van der Waals surface area contributed by atoms with Gasteiger partial charge in [-0.15, -0.1) is 0 Å². The van der Waals surface area contributed by atoms with E-state index in [1.807, 2.05) is 87.5 Å². The van der Waals surface area contributed by atoms with E-state index in [2.05, 4.69) is 33.2 Å². The SMILES string of the molecule is C=Cc1ccc(OC(=O)CC)cc1.C=Cc1ccc(OC(=O)CCC)cc1.C=Cc1ccc(OC(=O)CCCC)cc1.C=Cc1cccc(OC(=O)CCC)c1.CCCCCOC(=O)c1ccccc1. The monoisotopic (exact) mass is 953 g/mol. The first-order valence-corrected chi connectivity index (χ1v) is 23.8. The van der Waals surface area contributed by atoms with E-state index < -0.39 is 0 Å². The molecule has 0 amide bonds. The molecule has 5 rings (SSSR count). The van der Waals surface area contributed by atoms with Gasteiger partial charge in [0, 0.05) is 25.7 Å². The number of rotatable bonds is 21. The molecule has 10 nitrogen and oxygen atoms in total. The van der Waals surface area contributed by atoms with Crippen LogP contribution in [0.2, 0.25) is 0 Å². The molecule has 5 aromatic carbocycles. The van der Waals surface area contributed by atoms with Gasteiger partial charge in [-0.3, -0.25) is 19.2 Å². The lowest BCUT2D eigenvalue weighted by Crippen LogP contribution is -2.07. The lowest BCUT2D eigenvalue weighted by Gasteiger charge is -2.03. The molecule has 0 heterocycles. The Bertz CT molecular complexity index is 2300. The van der Waals surface area contributed by atoms with Crippen molar-refractivity contribution in [1.82, 2.24) is 0 Å². The summed E-state index contributed by atoms with van der Waals surface area (Å²) in [6.45, 7) is 24.9. The number of carbonyl (C=O) groups excluding carboxylic acids is 5. The molecular formula is C60H72O10. The van der Waals surface area contributed by atoms with Gasteiger partial charge < -0.3 is 23.7 Å². The average molecular weight is 953 g/mol. The summed E-state index contributed by atoms with van der Waals surface area (Å²) < 4.78 is 25.4. The van der Waals surface area contributed by atoms with Crippen LogP contribution in [0.5, 0.6) is 23.0 Å². The van der Waals surface area contributed by atoms with Gasteiger partial charge in [0.2, 0.25) is 0 Å². The quantitative estimate of drug-likeness (QED) is 0.0398. The zero-order chi connectivity index (χ0) is 51.8. The number of carbonyl (C=O) groups is 5. The van der Waals surface area contributed by atoms with Gasteiger partial charge in [-0.2, -0.15) is 0 Å². The summed E-state index contributed by atoms with van der Waals surface area (Å²) in [5, 5.41) is 0. The molecule has 0 N–H and O–H groups in total. The normalized spacial score (nSPS) is 9.56. The van der Waals surface area contributed by atoms with Crippen molar-refractivity contribution in [2.45, 2.75) is 105 Å². The maximum absolute atomic E-state index is 11.4. The highest BCUT2D eigenvalue weighted by Crippen LogP contribution is 2.17. The molecule has 0 radical (unpaired) electrons. The number of hydrogen-bond donors (Lipinski definition) is 0. The van der Waals surface area contributed by atoms with Crippen molar-refractivity contribution in [1.29, 1.82) is 0 Å². The minimum atomic E-state index is -0.221. The van der Waals surface area contributed by atoms with Gasteiger partial charge in [-0.25, -0.2) is 4.79 Å². The van der Waals surface area contributed by atoms with Gasteiger partial charge in [0.05, 0.1) is 12.2 Å². The summed E-state index contributed by atoms with van der Waals surface area (Å²) in [5.74, 6) is 1.39. The molecule has 372 valence electrons. The van der Waals surface area contributed by atoms with Crippen LogP contribution >= 0.6 is 0 Å². The highest BCUT2D eigenvalue weighted by molar-refractivity contribution is 5.89. The number of esters is 5. The van der Waals surface area contributed by atoms with Gasteiger partial charge >= 0.3 is 29.8 Å². The summed E-state index contributed by atoms with van der Waals surface area (Å²) in [6.07, 6.45) is 15.5. The number of benzene rings is 5. The Labute approximate surface area is 416 Å². The molecule has 0 spiro atoms. The largest absolute Gasteiger partial charge is 0.462 e. The van der Waals surface area contributed by atoms with Gasteiger partial charge in [0.25, 0.3) is 0 Å². The van der Waals surface area contributed by atoms with Crippen LogP contribution < -0.4 is 18.9 Å². The van der Waals surface area contributed by atoms with Crippen LogP contribution in [0.4, 0.5) is 0 Å². The minimum absolute atomic E-state index is 0.164. The fourth-order valence-electron chi connectivity index (χ4n) is 5.38. The zero-order valence-corrected chi connectivity index (χ0v) is 41.8. The molecule has 0 aliphatic carbocycles. The van der Waals surface area contributed by atoms with E-state index in [1.54, 1.807) is 91.9 Å². The van der Waals surface area contributed by atoms with Gasteiger partial charge in [-0.1, -0.05) is 171 Å². The lowest BCUT2D eigenvalue weighted by molar-refractivity contribution is -0.135. The van der Waals surface area contributed by atoms with E-state index in [9.17, 15) is 24.0 Å². The van der Waals surface area contributed by atoms with Crippen LogP contribution in [0.1, 0.15) is 138 Å². The van der Waals surface area contributed by atoms with Crippen molar-refractivity contribution >= 4 is 54.2 Å². The molecule has 0 bridgehead atoms. The van der Waals surface area contributed by atoms with Crippen molar-refractivity contribution < 1.29 is 47.7 Å². The fourth-order valence-corrected chi connectivity index (χ4v) is 5.38. The van der Waals surface area contributed by atoms with Gasteiger partial charge in [0.15, 0.2) is 0 Å². The molecular weight excluding hydrogens is 881 g/mol. The van der Waals surface area contributed by atoms with E-state index >= 15 is 0 Å². The van der Waals surface area contributed by atoms with E-state index in [-0.39, 0.29) is 29.8 Å². The second-order valence-corrected chi connectivity index (χ2v) is 15.2. The van der Waals surface area contributed by atoms with Crippen molar-refractivity contribution in [2.75, 3.05) is 6.61 Å². The average Bonchev–Trinajstić information content (AvgIpc) is 3.38. The molecule has 0 atom stereocenters. The van der Waals surface area contributed by atoms with Crippen LogP contribution in [0.15, 0.2) is 154 Å². The third-order valence-electron chi connectivity index (χ3n) is 9.29. The van der Waals surface area contributed by atoms with E-state index in [4.69, 9.17) is 23.7 Å². The van der Waals surface area contributed by atoms with Crippen LogP contribution in [0.3, 0.4) is 0 Å². The first-order valence-electron chi connectivity index (χ1n) is 23.8. The van der Waals surface area contributed by atoms with Crippen LogP contribution in [-0.2, 0) is 23.9 Å². The predicted molar refractivity (Wildman–Crippen MR) is 285 cm³/mol. The Morgan fingerprint density at radius 1 is 0.400 bits per heavy atom. The molecule has 5 aromatic rings. The second kappa shape index (κ2) is 38.4. The number of hydrogen-bond acceptors (Lipinski definition) is 10. The highest BCUT2D eigenvalue weighted by Gasteiger charge is 2.06. The van der Waals surface area contributed by atoms with Crippen molar-refractivity contribution in [3.8, 4) is 23.0 Å². The Morgan fingerprint density at radius 3 is 1.21 bits per heavy atom. The van der Waals surface area contributed by atoms with Crippen molar-refractivity contribution in [3.05, 3.63) is 182 Å². The summed E-state index contributed by atoms with van der Waals surface area (Å²) in [7, 11) is 0. The lowest BCUT2D eigenvalue weighted by atomic mass is 10.2. The first kappa shape index (κ1) is 60.4. The molecule has 10 heteroatoms. The van der Waals surface area contributed by atoms with Crippen molar-refractivity contribution in [2.24, 2.45) is 0 Å². The van der Waals surface area contributed by atoms with E-state index in [0.29, 0.717) is 60.9 Å². The van der Waals surface area contributed by atoms with E-state index in [1.165, 1.54) is 0 Å². The minimum Gasteiger partial charge on any atom is -0.462 e. The van der Waals surface area contributed by atoms with Gasteiger partial charge in [0.1, 0.15) is 23.0 Å². The molecule has 0 aliphatic rings. The topological polar surface area (TPSA) is 132 Å². The molecule has 0 aromatic heterocycles. The molecule has 0 unspecified atom stereocenters. The molecule has 0 saturated carbocycles. The molecule has 0 aliphatic heterocycles. The number of ether oxygens (including phenoxy) is 5. The fraction of sp³-hybridized carbons (Fsp3) is 0.283. The van der Waals surface area contributed by atoms with Crippen molar-refractivity contribution in [3.63, 3.8) is 0 Å². The third-order valence-corrected chi connectivity index (χ3v) is 9.29. The molecule has 70 heavy (non-hydrogen) atoms. The number of unbranched alkanes of at least 4 members (excludes halogenated alkanes) is 3.